The van der Waals surface area contributed by atoms with Gasteiger partial charge in [-0.1, -0.05) is 49.9 Å². The third-order valence-corrected chi connectivity index (χ3v) is 12.4. The fourth-order valence-electron chi connectivity index (χ4n) is 5.42. The molecule has 1 fully saturated rings. The van der Waals surface area contributed by atoms with Crippen LogP contribution in [-0.2, 0) is 46.2 Å². The molecule has 0 amide bonds. The van der Waals surface area contributed by atoms with Gasteiger partial charge in [0.2, 0.25) is 0 Å². The third kappa shape index (κ3) is 4.16. The van der Waals surface area contributed by atoms with E-state index in [1.165, 1.54) is 60.6 Å². The van der Waals surface area contributed by atoms with Gasteiger partial charge in [-0.05, 0) is 30.4 Å². The van der Waals surface area contributed by atoms with E-state index in [-0.39, 0.29) is 41.1 Å². The fourth-order valence-corrected chi connectivity index (χ4v) is 11.0. The first-order valence-corrected chi connectivity index (χ1v) is 13.2. The van der Waals surface area contributed by atoms with Crippen LogP contribution in [0, 0.1) is 19.1 Å². The minimum absolute atomic E-state index is 0. The number of nitrogens with zero attached hydrogens (tertiary/aromatic N) is 2. The van der Waals surface area contributed by atoms with E-state index < -0.39 is 8.07 Å². The quantitative estimate of drug-likeness (QED) is 0.304. The summed E-state index contributed by atoms with van der Waals surface area (Å²) in [7, 11) is 1.01. The molecule has 5 heteroatoms. The van der Waals surface area contributed by atoms with Gasteiger partial charge in [0.25, 0.3) is 0 Å². The molecule has 0 bridgehead atoms. The average molecular weight is 483 g/mol. The minimum Gasteiger partial charge on any atom is -0.293 e. The Labute approximate surface area is 209 Å². The van der Waals surface area contributed by atoms with Gasteiger partial charge in [0.05, 0.1) is 8.07 Å². The molecule has 1 saturated heterocycles. The van der Waals surface area contributed by atoms with Crippen molar-refractivity contribution in [3.8, 4) is 22.4 Å². The zero-order valence-electron chi connectivity index (χ0n) is 18.0. The predicted octanol–water partition coefficient (Wildman–Crippen LogP) is 4.16. The van der Waals surface area contributed by atoms with Gasteiger partial charge in [0.15, 0.2) is 6.20 Å². The Morgan fingerprint density at radius 3 is 2.53 bits per heavy atom. The number of fused-ring (bicyclic) bond motifs is 2. The molecular weight excluding hydrogens is 456 g/mol. The Bertz CT molecular complexity index is 1030. The van der Waals surface area contributed by atoms with E-state index >= 15 is 0 Å². The number of rotatable bonds is 2. The van der Waals surface area contributed by atoms with Gasteiger partial charge in [-0.25, -0.2) is 15.7 Å². The molecule has 5 rings (SSSR count). The van der Waals surface area contributed by atoms with Crippen molar-refractivity contribution >= 4 is 21.7 Å². The number of aryl methyl sites for hydroxylation is 3. The Balaban J connectivity index is 0.00000128. The maximum atomic E-state index is 4.10. The second-order valence-corrected chi connectivity index (χ2v) is 13.2. The number of benzene rings is 1. The largest absolute Gasteiger partial charge is 0.293 e. The van der Waals surface area contributed by atoms with Gasteiger partial charge in [-0.15, -0.1) is 11.6 Å². The third-order valence-electron chi connectivity index (χ3n) is 6.92. The molecule has 148 valence electrons. The standard InChI is InChI=1S/C25H27N2Si.B.Y/c1-19-7-8-21(20-9-11-26-12-10-20)16-23(19)24-17-22-6-5-15-28(13-3-4-14-28)25(22)18-27(24)2;;/h7-9,11-12,17-18H,3-6,13-15H2,1-2H3;;/q-1;;. The second kappa shape index (κ2) is 9.59. The summed E-state index contributed by atoms with van der Waals surface area (Å²) in [5, 5.41) is 1.76. The molecule has 2 nitrogen and oxygen atoms in total. The number of hydrogen-bond donors (Lipinski definition) is 0. The van der Waals surface area contributed by atoms with Crippen LogP contribution < -0.4 is 9.75 Å². The van der Waals surface area contributed by atoms with Crippen LogP contribution in [0.3, 0.4) is 0 Å². The van der Waals surface area contributed by atoms with E-state index in [1.807, 2.05) is 12.3 Å². The van der Waals surface area contributed by atoms with Crippen LogP contribution in [0.15, 0.2) is 42.9 Å². The Hall–Kier alpha value is -1.09. The summed E-state index contributed by atoms with van der Waals surface area (Å²) in [6, 6.07) is 20.3. The van der Waals surface area contributed by atoms with Crippen molar-refractivity contribution in [3.63, 3.8) is 0 Å². The van der Waals surface area contributed by atoms with E-state index in [0.717, 1.165) is 11.1 Å². The van der Waals surface area contributed by atoms with Crippen LogP contribution in [0.5, 0.6) is 0 Å². The van der Waals surface area contributed by atoms with E-state index in [2.05, 4.69) is 60.1 Å². The summed E-state index contributed by atoms with van der Waals surface area (Å²) >= 11 is 0. The van der Waals surface area contributed by atoms with Crippen LogP contribution in [-0.4, -0.2) is 21.5 Å². The van der Waals surface area contributed by atoms with Crippen LogP contribution in [0.25, 0.3) is 22.4 Å². The van der Waals surface area contributed by atoms with Gasteiger partial charge in [0, 0.05) is 46.3 Å². The van der Waals surface area contributed by atoms with Crippen LogP contribution >= 0.6 is 0 Å². The van der Waals surface area contributed by atoms with Crippen molar-refractivity contribution in [2.24, 2.45) is 7.05 Å². The maximum Gasteiger partial charge on any atom is 0.161 e. The van der Waals surface area contributed by atoms with Gasteiger partial charge in [-0.3, -0.25) is 4.98 Å². The van der Waals surface area contributed by atoms with Gasteiger partial charge in [0.1, 0.15) is 12.7 Å². The molecule has 0 unspecified atom stereocenters. The molecule has 0 aliphatic carbocycles. The Morgan fingerprint density at radius 1 is 1.03 bits per heavy atom. The molecule has 2 aliphatic heterocycles. The first kappa shape index (κ1) is 23.6. The zero-order chi connectivity index (χ0) is 19.1. The van der Waals surface area contributed by atoms with Crippen molar-refractivity contribution in [2.45, 2.75) is 50.7 Å². The average Bonchev–Trinajstić information content (AvgIpc) is 3.19. The van der Waals surface area contributed by atoms with Gasteiger partial charge in [-0.2, -0.15) is 24.3 Å². The minimum atomic E-state index is -1.22. The molecule has 4 heterocycles. The normalized spacial score (nSPS) is 16.5. The SMILES string of the molecule is Cc1ccc(-c2[c-]cncc2)[c-]c1-c1cc2c(c[n+]1C)[Si]1(CCCC1)CCC2.[B].[Y]. The topological polar surface area (TPSA) is 16.8 Å². The monoisotopic (exact) mass is 483 g/mol. The predicted molar refractivity (Wildman–Crippen MR) is 122 cm³/mol. The first-order valence-electron chi connectivity index (χ1n) is 10.5. The van der Waals surface area contributed by atoms with Crippen molar-refractivity contribution in [1.29, 1.82) is 0 Å². The fraction of sp³-hybridized carbons (Fsp3) is 0.360. The second-order valence-electron chi connectivity index (χ2n) is 8.63. The molecule has 2 aliphatic rings. The summed E-state index contributed by atoms with van der Waals surface area (Å²) in [4.78, 5) is 4.10. The van der Waals surface area contributed by atoms with E-state index in [4.69, 9.17) is 0 Å². The number of hydrogen-bond acceptors (Lipinski definition) is 1. The van der Waals surface area contributed by atoms with Gasteiger partial charge < -0.3 is 0 Å². The zero-order valence-corrected chi connectivity index (χ0v) is 21.9. The molecule has 0 atom stereocenters. The first-order chi connectivity index (χ1) is 13.7. The van der Waals surface area contributed by atoms with Crippen LogP contribution in [0.1, 0.15) is 30.4 Å². The molecule has 30 heavy (non-hydrogen) atoms. The van der Waals surface area contributed by atoms with Crippen LogP contribution in [0.2, 0.25) is 18.1 Å². The van der Waals surface area contributed by atoms with E-state index in [1.54, 1.807) is 16.9 Å². The summed E-state index contributed by atoms with van der Waals surface area (Å²) in [5.74, 6) is 0. The van der Waals surface area contributed by atoms with Crippen LogP contribution in [0.4, 0.5) is 0 Å². The Kier molecular flexibility index (Phi) is 7.53. The molecule has 1 spiro atoms. The number of aromatic nitrogens is 2. The Morgan fingerprint density at radius 2 is 1.80 bits per heavy atom. The van der Waals surface area contributed by atoms with Crippen molar-refractivity contribution in [1.82, 2.24) is 4.98 Å². The number of pyridine rings is 2. The molecule has 3 aromatic rings. The molecule has 1 aromatic carbocycles. The molecule has 4 radical (unpaired) electrons. The summed E-state index contributed by atoms with van der Waals surface area (Å²) in [6.07, 6.45) is 11.6. The summed E-state index contributed by atoms with van der Waals surface area (Å²) in [6.45, 7) is 2.19. The molecular formula is C25H27BN2SiY-. The van der Waals surface area contributed by atoms with Gasteiger partial charge >= 0.3 is 0 Å². The molecule has 0 N–H and O–H groups in total. The summed E-state index contributed by atoms with van der Waals surface area (Å²) in [5.41, 5.74) is 7.53. The smallest absolute Gasteiger partial charge is 0.161 e. The molecule has 2 aromatic heterocycles. The molecule has 0 saturated carbocycles. The van der Waals surface area contributed by atoms with Crippen molar-refractivity contribution in [2.75, 3.05) is 0 Å². The van der Waals surface area contributed by atoms with E-state index in [0.29, 0.717) is 0 Å². The van der Waals surface area contributed by atoms with Crippen molar-refractivity contribution < 1.29 is 37.3 Å². The maximum absolute atomic E-state index is 4.10. The summed E-state index contributed by atoms with van der Waals surface area (Å²) < 4.78 is 2.37. The van der Waals surface area contributed by atoms with E-state index in [9.17, 15) is 0 Å². The van der Waals surface area contributed by atoms with Crippen molar-refractivity contribution in [3.05, 3.63) is 66.1 Å².